The van der Waals surface area contributed by atoms with Gasteiger partial charge in [-0.2, -0.15) is 5.10 Å². The molecular weight excluding hydrogens is 389 g/mol. The molecule has 0 aromatic carbocycles. The van der Waals surface area contributed by atoms with E-state index in [1.807, 2.05) is 6.07 Å². The second-order valence-electron chi connectivity index (χ2n) is 7.55. The number of hydrogen-bond donors (Lipinski definition) is 2. The highest BCUT2D eigenvalue weighted by Gasteiger charge is 2.31. The highest BCUT2D eigenvalue weighted by molar-refractivity contribution is 5.99. The topological polar surface area (TPSA) is 98.9 Å². The van der Waals surface area contributed by atoms with Crippen molar-refractivity contribution < 1.29 is 14.3 Å². The third kappa shape index (κ3) is 3.27. The van der Waals surface area contributed by atoms with Crippen molar-refractivity contribution in [3.05, 3.63) is 53.4 Å². The predicted molar refractivity (Wildman–Crippen MR) is 106 cm³/mol. The number of β-amino-alcohol motifs (C(OH)–C–C–N with tert-alkyl or cyclic N) is 1. The van der Waals surface area contributed by atoms with Crippen LogP contribution in [0, 0.1) is 5.82 Å². The number of carbonyl (C=O) groups is 1. The molecule has 0 radical (unpaired) electrons. The van der Waals surface area contributed by atoms with Gasteiger partial charge in [0.1, 0.15) is 17.2 Å². The van der Waals surface area contributed by atoms with Gasteiger partial charge in [0.2, 0.25) is 0 Å². The SMILES string of the molecule is O=C1NN(CCO)CCc2ncc(F)cc2[C@H]2CCCN2c2ccn3ncc1c3n2. The number of hydrogen-bond acceptors (Lipinski definition) is 7. The lowest BCUT2D eigenvalue weighted by atomic mass is 10.0. The first-order valence-electron chi connectivity index (χ1n) is 10.1. The van der Waals surface area contributed by atoms with Crippen molar-refractivity contribution in [3.63, 3.8) is 0 Å². The minimum absolute atomic E-state index is 0.0415. The van der Waals surface area contributed by atoms with Crippen LogP contribution in [-0.2, 0) is 6.42 Å². The zero-order chi connectivity index (χ0) is 20.7. The number of pyridine rings is 1. The zero-order valence-corrected chi connectivity index (χ0v) is 16.3. The second-order valence-corrected chi connectivity index (χ2v) is 7.55. The average Bonchev–Trinajstić information content (AvgIpc) is 3.38. The van der Waals surface area contributed by atoms with Gasteiger partial charge in [0.15, 0.2) is 5.65 Å². The van der Waals surface area contributed by atoms with Gasteiger partial charge in [-0.15, -0.1) is 0 Å². The molecule has 30 heavy (non-hydrogen) atoms. The number of hydrazine groups is 1. The highest BCUT2D eigenvalue weighted by Crippen LogP contribution is 2.37. The van der Waals surface area contributed by atoms with Gasteiger partial charge in [-0.05, 0) is 30.5 Å². The van der Waals surface area contributed by atoms with Crippen LogP contribution in [0.5, 0.6) is 0 Å². The number of fused-ring (bicyclic) bond motifs is 5. The summed E-state index contributed by atoms with van der Waals surface area (Å²) in [5.74, 6) is 0.0146. The molecule has 0 saturated carbocycles. The molecule has 3 aromatic rings. The van der Waals surface area contributed by atoms with Crippen LogP contribution in [0.2, 0.25) is 0 Å². The van der Waals surface area contributed by atoms with Gasteiger partial charge in [-0.25, -0.2) is 18.9 Å². The number of anilines is 1. The number of amides is 1. The summed E-state index contributed by atoms with van der Waals surface area (Å²) in [7, 11) is 0. The van der Waals surface area contributed by atoms with E-state index in [0.717, 1.165) is 36.5 Å². The number of aliphatic hydroxyl groups is 1. The third-order valence-electron chi connectivity index (χ3n) is 5.72. The summed E-state index contributed by atoms with van der Waals surface area (Å²) in [4.78, 5) is 24.1. The Balaban J connectivity index is 1.66. The molecule has 0 unspecified atom stereocenters. The van der Waals surface area contributed by atoms with E-state index < -0.39 is 0 Å². The molecule has 1 atom stereocenters. The molecule has 9 nitrogen and oxygen atoms in total. The van der Waals surface area contributed by atoms with E-state index in [2.05, 4.69) is 20.4 Å². The highest BCUT2D eigenvalue weighted by atomic mass is 19.1. The Morgan fingerprint density at radius 1 is 1.30 bits per heavy atom. The summed E-state index contributed by atoms with van der Waals surface area (Å²) in [6, 6.07) is 3.38. The van der Waals surface area contributed by atoms with Gasteiger partial charge < -0.3 is 10.0 Å². The second kappa shape index (κ2) is 7.62. The molecule has 5 rings (SSSR count). The lowest BCUT2D eigenvalue weighted by Gasteiger charge is -2.28. The number of aromatic nitrogens is 4. The van der Waals surface area contributed by atoms with Crippen molar-refractivity contribution in [2.45, 2.75) is 25.3 Å². The Bertz CT molecular complexity index is 1100. The Morgan fingerprint density at radius 3 is 3.07 bits per heavy atom. The third-order valence-corrected chi connectivity index (χ3v) is 5.72. The van der Waals surface area contributed by atoms with Gasteiger partial charge >= 0.3 is 0 Å². The molecule has 10 heteroatoms. The standard InChI is InChI=1S/C20H22FN7O2/c21-13-10-14-16(22-11-13)3-6-26(8-9-29)25-20(30)15-12-23-28-7-4-18(24-19(15)28)27-5-1-2-17(14)27/h4,7,10-12,17,29H,1-3,5-6,8-9H2,(H,25,30)/t17-/m1/s1. The van der Waals surface area contributed by atoms with E-state index >= 15 is 0 Å². The van der Waals surface area contributed by atoms with Crippen molar-refractivity contribution in [3.8, 4) is 0 Å². The molecule has 1 saturated heterocycles. The molecule has 0 spiro atoms. The molecule has 2 aliphatic rings. The van der Waals surface area contributed by atoms with Crippen LogP contribution in [0.3, 0.4) is 0 Å². The normalized spacial score (nSPS) is 19.7. The number of aliphatic hydroxyl groups excluding tert-OH is 1. The first-order chi connectivity index (χ1) is 14.6. The Hall–Kier alpha value is -3.11. The molecule has 5 heterocycles. The molecule has 2 bridgehead atoms. The fourth-order valence-corrected chi connectivity index (χ4v) is 4.31. The lowest BCUT2D eigenvalue weighted by Crippen LogP contribution is -2.45. The van der Waals surface area contributed by atoms with Gasteiger partial charge in [0.05, 0.1) is 25.0 Å². The van der Waals surface area contributed by atoms with E-state index in [4.69, 9.17) is 4.98 Å². The van der Waals surface area contributed by atoms with E-state index in [0.29, 0.717) is 24.2 Å². The molecule has 3 aromatic heterocycles. The molecule has 156 valence electrons. The summed E-state index contributed by atoms with van der Waals surface area (Å²) in [5.41, 5.74) is 5.27. The van der Waals surface area contributed by atoms with E-state index in [-0.39, 0.29) is 30.9 Å². The van der Waals surface area contributed by atoms with Crippen LogP contribution in [-0.4, -0.2) is 61.8 Å². The van der Waals surface area contributed by atoms with Gasteiger partial charge in [-0.1, -0.05) is 0 Å². The maximum absolute atomic E-state index is 14.1. The molecule has 2 N–H and O–H groups in total. The van der Waals surface area contributed by atoms with Gasteiger partial charge in [0, 0.05) is 37.9 Å². The first-order valence-corrected chi connectivity index (χ1v) is 10.1. The van der Waals surface area contributed by atoms with Gasteiger partial charge in [0.25, 0.3) is 5.91 Å². The summed E-state index contributed by atoms with van der Waals surface area (Å²) < 4.78 is 15.7. The molecule has 1 amide bonds. The van der Waals surface area contributed by atoms with Crippen molar-refractivity contribution in [1.82, 2.24) is 30.0 Å². The maximum Gasteiger partial charge on any atom is 0.271 e. The maximum atomic E-state index is 14.1. The van der Waals surface area contributed by atoms with Crippen molar-refractivity contribution >= 4 is 17.4 Å². The Morgan fingerprint density at radius 2 is 2.20 bits per heavy atom. The smallest absolute Gasteiger partial charge is 0.271 e. The zero-order valence-electron chi connectivity index (χ0n) is 16.3. The number of nitrogens with zero attached hydrogens (tertiary/aromatic N) is 6. The van der Waals surface area contributed by atoms with E-state index in [1.54, 1.807) is 21.8 Å². The molecular formula is C20H22FN7O2. The molecule has 1 fully saturated rings. The number of carbonyl (C=O) groups excluding carboxylic acids is 1. The lowest BCUT2D eigenvalue weighted by molar-refractivity contribution is 0.0753. The van der Waals surface area contributed by atoms with Crippen LogP contribution in [0.25, 0.3) is 5.65 Å². The van der Waals surface area contributed by atoms with Crippen molar-refractivity contribution in [2.24, 2.45) is 0 Å². The number of halogens is 1. The molecule has 0 aliphatic carbocycles. The number of nitrogens with one attached hydrogen (secondary N) is 1. The minimum Gasteiger partial charge on any atom is -0.395 e. The fraction of sp³-hybridized carbons (Fsp3) is 0.400. The van der Waals surface area contributed by atoms with Crippen LogP contribution in [0.4, 0.5) is 10.2 Å². The van der Waals surface area contributed by atoms with Gasteiger partial charge in [-0.3, -0.25) is 15.2 Å². The van der Waals surface area contributed by atoms with E-state index in [9.17, 15) is 14.3 Å². The quantitative estimate of drug-likeness (QED) is 0.652. The van der Waals surface area contributed by atoms with Crippen molar-refractivity contribution in [2.75, 3.05) is 31.1 Å². The predicted octanol–water partition coefficient (Wildman–Crippen LogP) is 1.10. The van der Waals surface area contributed by atoms with Crippen LogP contribution in [0.1, 0.15) is 40.5 Å². The number of rotatable bonds is 2. The fourth-order valence-electron chi connectivity index (χ4n) is 4.31. The van der Waals surface area contributed by atoms with Crippen LogP contribution < -0.4 is 10.3 Å². The monoisotopic (exact) mass is 411 g/mol. The summed E-state index contributed by atoms with van der Waals surface area (Å²) in [6.07, 6.45) is 6.83. The molecule has 2 aliphatic heterocycles. The summed E-state index contributed by atoms with van der Waals surface area (Å²) in [6.45, 7) is 1.36. The van der Waals surface area contributed by atoms with Crippen LogP contribution >= 0.6 is 0 Å². The van der Waals surface area contributed by atoms with E-state index in [1.165, 1.54) is 12.4 Å². The largest absolute Gasteiger partial charge is 0.395 e. The van der Waals surface area contributed by atoms with Crippen LogP contribution in [0.15, 0.2) is 30.7 Å². The van der Waals surface area contributed by atoms with Crippen molar-refractivity contribution in [1.29, 1.82) is 0 Å². The first kappa shape index (κ1) is 18.9. The summed E-state index contributed by atoms with van der Waals surface area (Å²) in [5, 5.41) is 15.3. The Kier molecular flexibility index (Phi) is 4.80. The summed E-state index contributed by atoms with van der Waals surface area (Å²) >= 11 is 0. The Labute approximate surface area is 172 Å². The average molecular weight is 411 g/mol. The minimum atomic E-state index is -0.369.